The van der Waals surface area contributed by atoms with Crippen molar-refractivity contribution in [3.8, 4) is 0 Å². The zero-order chi connectivity index (χ0) is 24.0. The van der Waals surface area contributed by atoms with E-state index in [0.717, 1.165) is 19.3 Å². The van der Waals surface area contributed by atoms with Crippen LogP contribution in [0.1, 0.15) is 54.6 Å². The number of hydrogen-bond acceptors (Lipinski definition) is 6. The summed E-state index contributed by atoms with van der Waals surface area (Å²) in [5.74, 6) is -0.0588. The molecule has 2 aliphatic rings. The Morgan fingerprint density at radius 2 is 1.88 bits per heavy atom. The number of rotatable bonds is 4. The number of hydrogen-bond donors (Lipinski definition) is 2. The molecule has 33 heavy (non-hydrogen) atoms. The van der Waals surface area contributed by atoms with Crippen molar-refractivity contribution in [3.05, 3.63) is 52.5 Å². The van der Waals surface area contributed by atoms with Gasteiger partial charge in [0, 0.05) is 13.0 Å². The molecule has 1 saturated heterocycles. The monoisotopic (exact) mass is 510 g/mol. The molecular formula is C21H23ClN4O5S2. The minimum atomic E-state index is -3.96. The lowest BCUT2D eigenvalue weighted by molar-refractivity contribution is 0.0940. The number of benzene rings is 2. The van der Waals surface area contributed by atoms with Gasteiger partial charge in [0.2, 0.25) is 10.0 Å². The van der Waals surface area contributed by atoms with Crippen molar-refractivity contribution in [3.63, 3.8) is 0 Å². The van der Waals surface area contributed by atoms with Gasteiger partial charge in [0.1, 0.15) is 10.7 Å². The molecule has 2 aromatic rings. The first-order chi connectivity index (χ1) is 15.5. The maximum Gasteiger partial charge on any atom is 0.286 e. The first kappa shape index (κ1) is 23.7. The third-order valence-corrected chi connectivity index (χ3v) is 8.31. The number of halogens is 1. The van der Waals surface area contributed by atoms with E-state index >= 15 is 0 Å². The molecule has 2 aromatic carbocycles. The number of nitrogens with two attached hydrogens (primary N) is 1. The molecule has 3 N–H and O–H groups in total. The van der Waals surface area contributed by atoms with E-state index in [4.69, 9.17) is 16.7 Å². The average molecular weight is 511 g/mol. The van der Waals surface area contributed by atoms with E-state index in [-0.39, 0.29) is 20.4 Å². The van der Waals surface area contributed by atoms with Gasteiger partial charge in [-0.15, -0.1) is 4.40 Å². The minimum absolute atomic E-state index is 0.0143. The number of nitrogens with zero attached hydrogens (tertiary/aromatic N) is 2. The van der Waals surface area contributed by atoms with Gasteiger partial charge >= 0.3 is 0 Å². The van der Waals surface area contributed by atoms with E-state index in [2.05, 4.69) is 9.71 Å². The van der Waals surface area contributed by atoms with Crippen molar-refractivity contribution in [2.24, 2.45) is 9.54 Å². The van der Waals surface area contributed by atoms with Crippen molar-refractivity contribution in [1.29, 1.82) is 0 Å². The summed E-state index contributed by atoms with van der Waals surface area (Å²) in [6.45, 7) is 2.34. The zero-order valence-electron chi connectivity index (χ0n) is 17.8. The zero-order valence-corrected chi connectivity index (χ0v) is 20.2. The Morgan fingerprint density at radius 3 is 2.55 bits per heavy atom. The number of carbonyl (C=O) groups excluding carboxylic acids is 1. The minimum Gasteiger partial charge on any atom is -0.345 e. The van der Waals surface area contributed by atoms with E-state index in [0.29, 0.717) is 30.1 Å². The number of amidine groups is 1. The third kappa shape index (κ3) is 4.77. The fourth-order valence-corrected chi connectivity index (χ4v) is 6.00. The van der Waals surface area contributed by atoms with Crippen LogP contribution in [0.2, 0.25) is 5.02 Å². The van der Waals surface area contributed by atoms with Crippen LogP contribution in [-0.4, -0.2) is 35.1 Å². The number of fused-ring (bicyclic) bond motifs is 3. The Bertz CT molecular complexity index is 1360. The summed E-state index contributed by atoms with van der Waals surface area (Å²) >= 11 is 6.42. The molecule has 0 spiro atoms. The fourth-order valence-electron chi connectivity index (χ4n) is 3.97. The second-order valence-corrected chi connectivity index (χ2v) is 11.6. The highest BCUT2D eigenvalue weighted by atomic mass is 35.5. The summed E-state index contributed by atoms with van der Waals surface area (Å²) in [6, 6.07) is 8.05. The standard InChI is InChI=1S/C21H23ClN4O5S2/c1-13(14-6-8-15(9-7-14)32(23,28)29)24-21(27)16-11-19-18(12-17(16)22)26-10-4-2-3-5-20(26)25-33(19,30)31/h6-9,11-13H,2-5,10H2,1H3,(H,24,27)(H2,23,28,29)/t13-/m0/s1. The maximum atomic E-state index is 13.0. The number of sulfonamides is 2. The molecule has 12 heteroatoms. The van der Waals surface area contributed by atoms with Crippen LogP contribution in [0.4, 0.5) is 5.69 Å². The molecule has 0 unspecified atom stereocenters. The number of anilines is 1. The molecule has 0 aromatic heterocycles. The fraction of sp³-hybridized carbons (Fsp3) is 0.333. The van der Waals surface area contributed by atoms with Gasteiger partial charge in [-0.1, -0.05) is 30.2 Å². The lowest BCUT2D eigenvalue weighted by Gasteiger charge is -2.30. The largest absolute Gasteiger partial charge is 0.345 e. The third-order valence-electron chi connectivity index (χ3n) is 5.74. The summed E-state index contributed by atoms with van der Waals surface area (Å²) in [7, 11) is -7.79. The molecule has 1 fully saturated rings. The van der Waals surface area contributed by atoms with Gasteiger partial charge in [0.25, 0.3) is 15.9 Å². The highest BCUT2D eigenvalue weighted by Crippen LogP contribution is 2.38. The van der Waals surface area contributed by atoms with Gasteiger partial charge in [0.15, 0.2) is 0 Å². The Hall–Kier alpha value is -2.47. The maximum absolute atomic E-state index is 13.0. The van der Waals surface area contributed by atoms with Crippen LogP contribution in [0.15, 0.2) is 50.6 Å². The Labute approximate surface area is 197 Å². The molecule has 0 saturated carbocycles. The SMILES string of the molecule is C[C@H](NC(=O)c1cc2c(cc1Cl)N1CCCCCC1=NS2(=O)=O)c1ccc(S(N)(=O)=O)cc1. The molecule has 0 bridgehead atoms. The van der Waals surface area contributed by atoms with Crippen molar-refractivity contribution in [2.45, 2.75) is 48.4 Å². The summed E-state index contributed by atoms with van der Waals surface area (Å²) < 4.78 is 52.5. The van der Waals surface area contributed by atoms with Crippen LogP contribution in [0.5, 0.6) is 0 Å². The number of nitrogens with one attached hydrogen (secondary N) is 1. The average Bonchev–Trinajstić information content (AvgIpc) is 2.97. The predicted molar refractivity (Wildman–Crippen MR) is 126 cm³/mol. The quantitative estimate of drug-likeness (QED) is 0.648. The molecule has 1 atom stereocenters. The van der Waals surface area contributed by atoms with Crippen LogP contribution in [0.25, 0.3) is 0 Å². The van der Waals surface area contributed by atoms with E-state index < -0.39 is 32.0 Å². The second-order valence-electron chi connectivity index (χ2n) is 8.05. The van der Waals surface area contributed by atoms with Gasteiger partial charge in [-0.2, -0.15) is 8.42 Å². The van der Waals surface area contributed by atoms with Gasteiger partial charge in [-0.25, -0.2) is 13.6 Å². The van der Waals surface area contributed by atoms with Crippen LogP contribution < -0.4 is 15.4 Å². The normalized spacial score (nSPS) is 18.4. The summed E-state index contributed by atoms with van der Waals surface area (Å²) in [4.78, 5) is 14.7. The topological polar surface area (TPSA) is 139 Å². The molecule has 0 radical (unpaired) electrons. The second kappa shape index (κ2) is 8.71. The van der Waals surface area contributed by atoms with E-state index in [1.807, 2.05) is 4.90 Å². The van der Waals surface area contributed by atoms with Crippen molar-refractivity contribution in [1.82, 2.24) is 5.32 Å². The van der Waals surface area contributed by atoms with Crippen molar-refractivity contribution >= 4 is 49.1 Å². The van der Waals surface area contributed by atoms with Gasteiger partial charge in [-0.3, -0.25) is 4.79 Å². The van der Waals surface area contributed by atoms with Crippen molar-refractivity contribution < 1.29 is 21.6 Å². The van der Waals surface area contributed by atoms with Crippen LogP contribution in [0, 0.1) is 0 Å². The van der Waals surface area contributed by atoms with Gasteiger partial charge in [-0.05, 0) is 49.6 Å². The van der Waals surface area contributed by atoms with E-state index in [1.165, 1.54) is 24.3 Å². The summed E-state index contributed by atoms with van der Waals surface area (Å²) in [5.41, 5.74) is 1.09. The molecular weight excluding hydrogens is 488 g/mol. The van der Waals surface area contributed by atoms with Gasteiger partial charge in [0.05, 0.1) is 27.2 Å². The van der Waals surface area contributed by atoms with E-state index in [1.54, 1.807) is 19.1 Å². The first-order valence-electron chi connectivity index (χ1n) is 10.4. The smallest absolute Gasteiger partial charge is 0.286 e. The Morgan fingerprint density at radius 1 is 1.18 bits per heavy atom. The molecule has 176 valence electrons. The lowest BCUT2D eigenvalue weighted by atomic mass is 10.1. The number of amides is 1. The predicted octanol–water partition coefficient (Wildman–Crippen LogP) is 2.96. The molecule has 2 aliphatic heterocycles. The Balaban J connectivity index is 1.63. The molecule has 9 nitrogen and oxygen atoms in total. The van der Waals surface area contributed by atoms with Gasteiger partial charge < -0.3 is 10.2 Å². The number of primary sulfonamides is 1. The molecule has 4 rings (SSSR count). The number of carbonyl (C=O) groups is 1. The van der Waals surface area contributed by atoms with Crippen LogP contribution in [-0.2, 0) is 20.0 Å². The molecule has 0 aliphatic carbocycles. The van der Waals surface area contributed by atoms with Crippen molar-refractivity contribution in [2.75, 3.05) is 11.4 Å². The van der Waals surface area contributed by atoms with E-state index in [9.17, 15) is 21.6 Å². The molecule has 2 heterocycles. The Kier molecular flexibility index (Phi) is 6.25. The highest BCUT2D eigenvalue weighted by Gasteiger charge is 2.33. The first-order valence-corrected chi connectivity index (χ1v) is 13.7. The lowest BCUT2D eigenvalue weighted by Crippen LogP contribution is -2.35. The van der Waals surface area contributed by atoms with Crippen LogP contribution in [0.3, 0.4) is 0 Å². The molecule has 1 amide bonds. The summed E-state index contributed by atoms with van der Waals surface area (Å²) in [6.07, 6.45) is 3.32. The van der Waals surface area contributed by atoms with Crippen LogP contribution >= 0.6 is 11.6 Å². The highest BCUT2D eigenvalue weighted by molar-refractivity contribution is 7.90. The summed E-state index contributed by atoms with van der Waals surface area (Å²) in [5, 5.41) is 8.00.